The number of para-hydroxylation sites is 2. The van der Waals surface area contributed by atoms with E-state index < -0.39 is 0 Å². The Labute approximate surface area is 211 Å². The van der Waals surface area contributed by atoms with Crippen molar-refractivity contribution in [2.24, 2.45) is 0 Å². The zero-order valence-corrected chi connectivity index (χ0v) is 19.9. The first kappa shape index (κ1) is 22.1. The van der Waals surface area contributed by atoms with Crippen LogP contribution >= 0.6 is 11.3 Å². The van der Waals surface area contributed by atoms with E-state index in [-0.39, 0.29) is 18.4 Å². The average Bonchev–Trinajstić information content (AvgIpc) is 3.39. The Bertz CT molecular complexity index is 1450. The predicted octanol–water partition coefficient (Wildman–Crippen LogP) is 4.76. The third-order valence-electron chi connectivity index (χ3n) is 5.93. The van der Waals surface area contributed by atoms with Gasteiger partial charge >= 0.3 is 0 Å². The summed E-state index contributed by atoms with van der Waals surface area (Å²) in [7, 11) is 0. The fourth-order valence-electron chi connectivity index (χ4n) is 4.11. The first-order valence-electron chi connectivity index (χ1n) is 11.4. The number of anilines is 2. The van der Waals surface area contributed by atoms with Crippen molar-refractivity contribution in [3.8, 4) is 28.5 Å². The summed E-state index contributed by atoms with van der Waals surface area (Å²) in [6.07, 6.45) is 0. The lowest BCUT2D eigenvalue weighted by molar-refractivity contribution is -0.121. The van der Waals surface area contributed by atoms with Crippen molar-refractivity contribution in [3.63, 3.8) is 0 Å². The number of carbonyl (C=O) groups is 2. The molecule has 36 heavy (non-hydrogen) atoms. The number of hydrogen-bond donors (Lipinski definition) is 1. The lowest BCUT2D eigenvalue weighted by atomic mass is 10.1. The summed E-state index contributed by atoms with van der Waals surface area (Å²) < 4.78 is 16.7. The number of hydrogen-bond acceptors (Lipinski definition) is 7. The van der Waals surface area contributed by atoms with Crippen LogP contribution in [0.1, 0.15) is 15.9 Å². The molecule has 2 aliphatic rings. The van der Waals surface area contributed by atoms with Gasteiger partial charge in [0.25, 0.3) is 11.8 Å². The molecule has 180 valence electrons. The Kier molecular flexibility index (Phi) is 5.74. The molecule has 0 spiro atoms. The fraction of sp³-hybridized carbons (Fsp3) is 0.148. The molecule has 6 rings (SSSR count). The van der Waals surface area contributed by atoms with Gasteiger partial charge in [0.05, 0.1) is 17.9 Å². The molecular formula is C27H21N3O5S. The number of benzene rings is 3. The molecule has 0 fully saturated rings. The number of rotatable bonds is 5. The van der Waals surface area contributed by atoms with Gasteiger partial charge in [-0.2, -0.15) is 0 Å². The Morgan fingerprint density at radius 2 is 1.75 bits per heavy atom. The number of aromatic nitrogens is 1. The molecule has 0 radical (unpaired) electrons. The van der Waals surface area contributed by atoms with Crippen molar-refractivity contribution in [1.82, 2.24) is 4.98 Å². The SMILES string of the molecule is O=C(Nc1nc(-c2ccc3c(c2)OCCO3)cs1)c1ccc(CN2C(=O)COc3ccccc32)cc1. The summed E-state index contributed by atoms with van der Waals surface area (Å²) in [5.74, 6) is 1.75. The quantitative estimate of drug-likeness (QED) is 0.426. The van der Waals surface area contributed by atoms with E-state index in [9.17, 15) is 9.59 Å². The summed E-state index contributed by atoms with van der Waals surface area (Å²) in [6, 6.07) is 20.3. The first-order chi connectivity index (χ1) is 17.6. The van der Waals surface area contributed by atoms with Crippen LogP contribution in [-0.2, 0) is 11.3 Å². The Morgan fingerprint density at radius 1 is 0.944 bits per heavy atom. The highest BCUT2D eigenvalue weighted by Crippen LogP contribution is 2.36. The van der Waals surface area contributed by atoms with Crippen LogP contribution in [-0.4, -0.2) is 36.6 Å². The highest BCUT2D eigenvalue weighted by atomic mass is 32.1. The minimum atomic E-state index is -0.252. The molecule has 2 amide bonds. The molecule has 8 nitrogen and oxygen atoms in total. The average molecular weight is 500 g/mol. The predicted molar refractivity (Wildman–Crippen MR) is 136 cm³/mol. The van der Waals surface area contributed by atoms with Crippen LogP contribution in [0.5, 0.6) is 17.2 Å². The minimum Gasteiger partial charge on any atom is -0.486 e. The van der Waals surface area contributed by atoms with Gasteiger partial charge in [-0.15, -0.1) is 11.3 Å². The zero-order valence-electron chi connectivity index (χ0n) is 19.1. The molecule has 0 saturated carbocycles. The van der Waals surface area contributed by atoms with Gasteiger partial charge in [0.2, 0.25) is 0 Å². The molecule has 1 N–H and O–H groups in total. The number of amides is 2. The van der Waals surface area contributed by atoms with Crippen LogP contribution in [0.3, 0.4) is 0 Å². The van der Waals surface area contributed by atoms with Gasteiger partial charge in [-0.1, -0.05) is 24.3 Å². The molecule has 0 bridgehead atoms. The second-order valence-electron chi connectivity index (χ2n) is 8.28. The summed E-state index contributed by atoms with van der Waals surface area (Å²) in [6.45, 7) is 1.47. The zero-order chi connectivity index (χ0) is 24.5. The molecule has 4 aromatic rings. The number of ether oxygens (including phenoxy) is 3. The van der Waals surface area contributed by atoms with Crippen molar-refractivity contribution in [1.29, 1.82) is 0 Å². The Balaban J connectivity index is 1.12. The highest BCUT2D eigenvalue weighted by molar-refractivity contribution is 7.14. The molecule has 0 aliphatic carbocycles. The largest absolute Gasteiger partial charge is 0.486 e. The molecular weight excluding hydrogens is 478 g/mol. The number of thiazole rings is 1. The summed E-state index contributed by atoms with van der Waals surface area (Å²) >= 11 is 1.35. The number of fused-ring (bicyclic) bond motifs is 2. The van der Waals surface area contributed by atoms with Crippen LogP contribution in [0.15, 0.2) is 72.1 Å². The Morgan fingerprint density at radius 3 is 2.61 bits per heavy atom. The highest BCUT2D eigenvalue weighted by Gasteiger charge is 2.25. The van der Waals surface area contributed by atoms with Crippen LogP contribution < -0.4 is 24.4 Å². The first-order valence-corrected chi connectivity index (χ1v) is 12.3. The van der Waals surface area contributed by atoms with Gasteiger partial charge in [0.15, 0.2) is 23.2 Å². The van der Waals surface area contributed by atoms with Gasteiger partial charge in [-0.25, -0.2) is 4.98 Å². The van der Waals surface area contributed by atoms with Crippen molar-refractivity contribution in [2.45, 2.75) is 6.54 Å². The molecule has 3 aromatic carbocycles. The van der Waals surface area contributed by atoms with Crippen LogP contribution in [0.2, 0.25) is 0 Å². The monoisotopic (exact) mass is 499 g/mol. The van der Waals surface area contributed by atoms with Gasteiger partial charge < -0.3 is 19.1 Å². The van der Waals surface area contributed by atoms with E-state index in [1.165, 1.54) is 11.3 Å². The van der Waals surface area contributed by atoms with Gasteiger partial charge in [-0.05, 0) is 48.0 Å². The topological polar surface area (TPSA) is 90.0 Å². The van der Waals surface area contributed by atoms with E-state index in [1.54, 1.807) is 17.0 Å². The second-order valence-corrected chi connectivity index (χ2v) is 9.14. The molecule has 9 heteroatoms. The molecule has 3 heterocycles. The Hall–Kier alpha value is -4.37. The number of nitrogens with zero attached hydrogens (tertiary/aromatic N) is 2. The van der Waals surface area contributed by atoms with Crippen molar-refractivity contribution < 1.29 is 23.8 Å². The van der Waals surface area contributed by atoms with Crippen LogP contribution in [0, 0.1) is 0 Å². The van der Waals surface area contributed by atoms with Crippen molar-refractivity contribution in [3.05, 3.63) is 83.2 Å². The lowest BCUT2D eigenvalue weighted by Crippen LogP contribution is -2.38. The molecule has 0 saturated heterocycles. The van der Waals surface area contributed by atoms with Crippen LogP contribution in [0.25, 0.3) is 11.3 Å². The van der Waals surface area contributed by atoms with E-state index in [2.05, 4.69) is 10.3 Å². The van der Waals surface area contributed by atoms with Gasteiger partial charge in [0.1, 0.15) is 19.0 Å². The maximum atomic E-state index is 12.8. The summed E-state index contributed by atoms with van der Waals surface area (Å²) in [5.41, 5.74) is 3.79. The maximum Gasteiger partial charge on any atom is 0.265 e. The lowest BCUT2D eigenvalue weighted by Gasteiger charge is -2.29. The molecule has 0 atom stereocenters. The van der Waals surface area contributed by atoms with E-state index in [0.29, 0.717) is 42.0 Å². The van der Waals surface area contributed by atoms with E-state index in [1.807, 2.05) is 60.0 Å². The second kappa shape index (κ2) is 9.35. The number of carbonyl (C=O) groups excluding carboxylic acids is 2. The smallest absolute Gasteiger partial charge is 0.265 e. The van der Waals surface area contributed by atoms with E-state index in [4.69, 9.17) is 14.2 Å². The third kappa shape index (κ3) is 4.36. The molecule has 2 aliphatic heterocycles. The van der Waals surface area contributed by atoms with E-state index in [0.717, 1.165) is 28.3 Å². The third-order valence-corrected chi connectivity index (χ3v) is 6.69. The summed E-state index contributed by atoms with van der Waals surface area (Å²) in [4.78, 5) is 31.5. The van der Waals surface area contributed by atoms with Gasteiger partial charge in [-0.3, -0.25) is 14.9 Å². The van der Waals surface area contributed by atoms with E-state index >= 15 is 0 Å². The van der Waals surface area contributed by atoms with Crippen molar-refractivity contribution in [2.75, 3.05) is 30.0 Å². The van der Waals surface area contributed by atoms with Gasteiger partial charge in [0, 0.05) is 16.5 Å². The van der Waals surface area contributed by atoms with Crippen molar-refractivity contribution >= 4 is 34.0 Å². The standard InChI is InChI=1S/C27H21N3O5S/c31-25-15-35-22-4-2-1-3-21(22)30(25)14-17-5-7-18(8-6-17)26(32)29-27-28-20(16-36-27)19-9-10-23-24(13-19)34-12-11-33-23/h1-10,13,16H,11-12,14-15H2,(H,28,29,32). The number of nitrogens with one attached hydrogen (secondary N) is 1. The minimum absolute atomic E-state index is 0.0135. The summed E-state index contributed by atoms with van der Waals surface area (Å²) in [5, 5.41) is 5.26. The molecule has 1 aromatic heterocycles. The van der Waals surface area contributed by atoms with Crippen LogP contribution in [0.4, 0.5) is 10.8 Å². The normalized spacial score (nSPS) is 14.1. The maximum absolute atomic E-state index is 12.8. The fourth-order valence-corrected chi connectivity index (χ4v) is 4.82. The molecule has 0 unspecified atom stereocenters.